The van der Waals surface area contributed by atoms with Crippen molar-refractivity contribution >= 4 is 28.7 Å². The summed E-state index contributed by atoms with van der Waals surface area (Å²) in [4.78, 5) is 40.3. The van der Waals surface area contributed by atoms with Gasteiger partial charge in [0, 0.05) is 14.1 Å². The van der Waals surface area contributed by atoms with E-state index in [0.29, 0.717) is 11.3 Å². The van der Waals surface area contributed by atoms with Crippen LogP contribution in [0.25, 0.3) is 16.9 Å². The van der Waals surface area contributed by atoms with E-state index >= 15 is 0 Å². The van der Waals surface area contributed by atoms with Gasteiger partial charge in [0.2, 0.25) is 11.2 Å². The molecule has 25 heavy (non-hydrogen) atoms. The summed E-state index contributed by atoms with van der Waals surface area (Å²) < 4.78 is 3.69. The number of nitrogens with two attached hydrogens (primary N) is 1. The minimum absolute atomic E-state index is 0.0162. The first kappa shape index (κ1) is 17.0. The largest absolute Gasteiger partial charge is 0.369 e. The normalized spacial score (nSPS) is 11.2. The van der Waals surface area contributed by atoms with Crippen molar-refractivity contribution in [1.29, 1.82) is 0 Å². The number of aryl methyl sites for hydroxylation is 2. The van der Waals surface area contributed by atoms with Gasteiger partial charge in [0.1, 0.15) is 0 Å². The lowest BCUT2D eigenvalue weighted by molar-refractivity contribution is -0.117. The van der Waals surface area contributed by atoms with Crippen LogP contribution >= 0.6 is 11.6 Å². The summed E-state index contributed by atoms with van der Waals surface area (Å²) in [6.07, 6.45) is -0.0162. The van der Waals surface area contributed by atoms with Crippen molar-refractivity contribution in [3.63, 3.8) is 0 Å². The maximum atomic E-state index is 12.7. The van der Waals surface area contributed by atoms with Crippen molar-refractivity contribution in [1.82, 2.24) is 18.7 Å². The van der Waals surface area contributed by atoms with Crippen LogP contribution in [0.1, 0.15) is 11.1 Å². The van der Waals surface area contributed by atoms with Crippen molar-refractivity contribution < 1.29 is 4.79 Å². The maximum absolute atomic E-state index is 12.7. The zero-order chi connectivity index (χ0) is 18.5. The fourth-order valence-electron chi connectivity index (χ4n) is 2.81. The number of hydrogen-bond donors (Lipinski definition) is 1. The van der Waals surface area contributed by atoms with Gasteiger partial charge in [-0.2, -0.15) is 4.98 Å². The molecule has 0 aliphatic rings. The van der Waals surface area contributed by atoms with Crippen LogP contribution in [0.4, 0.5) is 0 Å². The minimum Gasteiger partial charge on any atom is -0.369 e. The zero-order valence-corrected chi connectivity index (χ0v) is 14.7. The van der Waals surface area contributed by atoms with Gasteiger partial charge in [-0.1, -0.05) is 12.1 Å². The third kappa shape index (κ3) is 2.64. The Morgan fingerprint density at radius 3 is 2.56 bits per heavy atom. The highest BCUT2D eigenvalue weighted by Gasteiger charge is 2.21. The molecule has 0 fully saturated rings. The summed E-state index contributed by atoms with van der Waals surface area (Å²) in [7, 11) is 2.90. The lowest BCUT2D eigenvalue weighted by Gasteiger charge is -2.13. The van der Waals surface area contributed by atoms with Gasteiger partial charge in [-0.25, -0.2) is 4.79 Å². The Morgan fingerprint density at radius 1 is 1.24 bits per heavy atom. The highest BCUT2D eigenvalue weighted by Crippen LogP contribution is 2.25. The van der Waals surface area contributed by atoms with Crippen LogP contribution in [0, 0.1) is 6.92 Å². The molecule has 0 unspecified atom stereocenters. The molecule has 1 aromatic carbocycles. The molecule has 0 aliphatic carbocycles. The Morgan fingerprint density at radius 2 is 1.92 bits per heavy atom. The molecule has 0 saturated heterocycles. The van der Waals surface area contributed by atoms with Crippen LogP contribution in [-0.2, 0) is 25.3 Å². The van der Waals surface area contributed by atoms with Gasteiger partial charge in [-0.15, -0.1) is 0 Å². The number of amides is 1. The number of fused-ring (bicyclic) bond motifs is 1. The number of rotatable bonds is 3. The lowest BCUT2D eigenvalue weighted by atomic mass is 10.1. The smallest absolute Gasteiger partial charge is 0.332 e. The van der Waals surface area contributed by atoms with Crippen LogP contribution in [0.15, 0.2) is 27.8 Å². The number of halogens is 1. The molecule has 0 atom stereocenters. The first-order valence-electron chi connectivity index (χ1n) is 7.44. The lowest BCUT2D eigenvalue weighted by Crippen LogP contribution is -2.37. The number of carbonyl (C=O) groups is 1. The van der Waals surface area contributed by atoms with E-state index < -0.39 is 17.2 Å². The van der Waals surface area contributed by atoms with Crippen LogP contribution in [0.2, 0.25) is 5.28 Å². The highest BCUT2D eigenvalue weighted by atomic mass is 35.5. The molecule has 0 aliphatic heterocycles. The van der Waals surface area contributed by atoms with Gasteiger partial charge in [-0.05, 0) is 35.7 Å². The quantitative estimate of drug-likeness (QED) is 0.682. The summed E-state index contributed by atoms with van der Waals surface area (Å²) >= 11 is 6.28. The predicted octanol–water partition coefficient (Wildman–Crippen LogP) is 0.413. The van der Waals surface area contributed by atoms with E-state index in [4.69, 9.17) is 17.3 Å². The number of benzene rings is 1. The van der Waals surface area contributed by atoms with E-state index in [-0.39, 0.29) is 22.9 Å². The van der Waals surface area contributed by atoms with Crippen molar-refractivity contribution in [2.24, 2.45) is 19.8 Å². The first-order valence-corrected chi connectivity index (χ1v) is 7.82. The van der Waals surface area contributed by atoms with E-state index in [1.54, 1.807) is 12.1 Å². The monoisotopic (exact) mass is 361 g/mol. The van der Waals surface area contributed by atoms with E-state index in [0.717, 1.165) is 10.1 Å². The second-order valence-electron chi connectivity index (χ2n) is 5.87. The number of imidazole rings is 1. The molecule has 130 valence electrons. The second-order valence-corrected chi connectivity index (χ2v) is 6.21. The van der Waals surface area contributed by atoms with Crippen LogP contribution in [0.5, 0.6) is 0 Å². The zero-order valence-electron chi connectivity index (χ0n) is 13.9. The van der Waals surface area contributed by atoms with E-state index in [2.05, 4.69) is 4.98 Å². The molecular weight excluding hydrogens is 346 g/mol. The van der Waals surface area contributed by atoms with Crippen LogP contribution < -0.4 is 17.0 Å². The minimum atomic E-state index is -0.524. The Balaban J connectivity index is 2.48. The number of hydrogen-bond acceptors (Lipinski definition) is 4. The summed E-state index contributed by atoms with van der Waals surface area (Å²) in [5, 5.41) is 0.0182. The Hall–Kier alpha value is -2.87. The topological polar surface area (TPSA) is 105 Å². The van der Waals surface area contributed by atoms with Gasteiger partial charge in [0.15, 0.2) is 11.2 Å². The Kier molecular flexibility index (Phi) is 4.00. The van der Waals surface area contributed by atoms with Crippen molar-refractivity contribution in [3.8, 4) is 5.69 Å². The number of primary amides is 1. The van der Waals surface area contributed by atoms with Gasteiger partial charge in [-0.3, -0.25) is 23.3 Å². The van der Waals surface area contributed by atoms with Gasteiger partial charge < -0.3 is 5.73 Å². The van der Waals surface area contributed by atoms with Crippen molar-refractivity contribution in [2.45, 2.75) is 13.3 Å². The SMILES string of the molecule is Cc1ccc(CC(N)=O)c(-n2c(Cl)nc3c2c(=O)n(C)c(=O)n3C)c1. The van der Waals surface area contributed by atoms with Gasteiger partial charge in [0.05, 0.1) is 12.1 Å². The molecule has 0 spiro atoms. The number of carbonyl (C=O) groups excluding carboxylic acids is 1. The molecule has 0 radical (unpaired) electrons. The summed E-state index contributed by atoms with van der Waals surface area (Å²) in [6.45, 7) is 1.87. The molecule has 2 heterocycles. The molecule has 8 nitrogen and oxygen atoms in total. The molecular formula is C16H16ClN5O3. The fraction of sp³-hybridized carbons (Fsp3) is 0.250. The van der Waals surface area contributed by atoms with Crippen LogP contribution in [-0.4, -0.2) is 24.6 Å². The summed E-state index contributed by atoms with van der Waals surface area (Å²) in [5.74, 6) is -0.508. The summed E-state index contributed by atoms with van der Waals surface area (Å²) in [6, 6.07) is 5.38. The molecule has 0 bridgehead atoms. The molecule has 2 N–H and O–H groups in total. The molecule has 3 aromatic rings. The van der Waals surface area contributed by atoms with E-state index in [9.17, 15) is 14.4 Å². The Bertz CT molecular complexity index is 1140. The predicted molar refractivity (Wildman–Crippen MR) is 94.2 cm³/mol. The molecule has 1 amide bonds. The average Bonchev–Trinajstić information content (AvgIpc) is 2.89. The maximum Gasteiger partial charge on any atom is 0.332 e. The number of nitrogens with zero attached hydrogens (tertiary/aromatic N) is 4. The van der Waals surface area contributed by atoms with Crippen molar-refractivity contribution in [3.05, 3.63) is 55.4 Å². The van der Waals surface area contributed by atoms with Gasteiger partial charge >= 0.3 is 5.69 Å². The third-order valence-electron chi connectivity index (χ3n) is 4.06. The standard InChI is InChI=1S/C16H16ClN5O3/c1-8-4-5-9(7-11(18)23)10(6-8)22-12-13(19-15(22)17)20(2)16(25)21(3)14(12)24/h4-6H,7H2,1-3H3,(H2,18,23). The average molecular weight is 362 g/mol. The Labute approximate surface area is 147 Å². The van der Waals surface area contributed by atoms with Crippen molar-refractivity contribution in [2.75, 3.05) is 0 Å². The molecule has 9 heteroatoms. The molecule has 0 saturated carbocycles. The molecule has 3 rings (SSSR count). The fourth-order valence-corrected chi connectivity index (χ4v) is 3.06. The number of aromatic nitrogens is 4. The first-order chi connectivity index (χ1) is 11.7. The van der Waals surface area contributed by atoms with Crippen LogP contribution in [0.3, 0.4) is 0 Å². The highest BCUT2D eigenvalue weighted by molar-refractivity contribution is 6.29. The van der Waals surface area contributed by atoms with E-state index in [1.807, 2.05) is 13.0 Å². The second kappa shape index (κ2) is 5.89. The van der Waals surface area contributed by atoms with Gasteiger partial charge in [0.25, 0.3) is 5.56 Å². The van der Waals surface area contributed by atoms with E-state index in [1.165, 1.54) is 23.2 Å². The third-order valence-corrected chi connectivity index (χ3v) is 4.32. The molecule has 2 aromatic heterocycles. The summed E-state index contributed by atoms with van der Waals surface area (Å²) in [5.41, 5.74) is 6.67.